The van der Waals surface area contributed by atoms with Crippen LogP contribution in [0.4, 0.5) is 0 Å². The molecule has 1 amide bonds. The molecule has 0 aliphatic heterocycles. The summed E-state index contributed by atoms with van der Waals surface area (Å²) in [6.45, 7) is 0. The maximum atomic E-state index is 9.81. The molecule has 0 aliphatic rings. The van der Waals surface area contributed by atoms with E-state index in [1.54, 1.807) is 0 Å². The molecule has 0 fully saturated rings. The highest BCUT2D eigenvalue weighted by atomic mass is 16.5. The number of carbonyl (C=O) groups is 1. The van der Waals surface area contributed by atoms with E-state index >= 15 is 0 Å². The van der Waals surface area contributed by atoms with Crippen molar-refractivity contribution in [2.24, 2.45) is 5.73 Å². The fourth-order valence-corrected chi connectivity index (χ4v) is 0.135. The van der Waals surface area contributed by atoms with Crippen LogP contribution in [0.1, 0.15) is 0 Å². The Hall–Kier alpha value is -0.990. The summed E-state index contributed by atoms with van der Waals surface area (Å²) >= 11 is 0. The van der Waals surface area contributed by atoms with Gasteiger partial charge in [-0.15, -0.1) is 0 Å². The summed E-state index contributed by atoms with van der Waals surface area (Å²) in [6, 6.07) is 0. The van der Waals surface area contributed by atoms with Crippen LogP contribution in [-0.4, -0.2) is 13.0 Å². The van der Waals surface area contributed by atoms with E-state index < -0.39 is 5.91 Å². The first kappa shape index (κ1) is 6.01. The highest BCUT2D eigenvalue weighted by Crippen LogP contribution is 1.67. The number of amides is 1. The summed E-state index contributed by atoms with van der Waals surface area (Å²) in [5.74, 6) is -0.498. The van der Waals surface area contributed by atoms with Crippen molar-refractivity contribution in [2.75, 3.05) is 7.11 Å². The van der Waals surface area contributed by atoms with Gasteiger partial charge in [-0.2, -0.15) is 0 Å². The molecule has 0 aromatic rings. The molecule has 0 radical (unpaired) electrons. The number of methoxy groups -OCH3 is 1. The minimum Gasteiger partial charge on any atom is -0.504 e. The van der Waals surface area contributed by atoms with E-state index in [2.05, 4.69) is 10.5 Å². The first-order valence-electron chi connectivity index (χ1n) is 1.76. The molecule has 3 heteroatoms. The van der Waals surface area contributed by atoms with E-state index in [4.69, 9.17) is 0 Å². The lowest BCUT2D eigenvalue weighted by Crippen LogP contribution is -2.05. The van der Waals surface area contributed by atoms with Crippen molar-refractivity contribution >= 4 is 5.91 Å². The Balaban J connectivity index is 3.26. The van der Waals surface area contributed by atoms with Crippen molar-refractivity contribution < 1.29 is 9.53 Å². The van der Waals surface area contributed by atoms with Crippen molar-refractivity contribution in [3.05, 3.63) is 12.3 Å². The van der Waals surface area contributed by atoms with E-state index in [0.717, 1.165) is 6.08 Å². The first-order valence-corrected chi connectivity index (χ1v) is 1.76. The van der Waals surface area contributed by atoms with Crippen LogP contribution in [0.2, 0.25) is 0 Å². The molecule has 3 nitrogen and oxygen atoms in total. The Bertz CT molecular complexity index is 87.7. The Labute approximate surface area is 41.8 Å². The standard InChI is InChI=1S/C4H7NO2/c1-7-3-2-4(5)6/h2-3H,1H3,(H2,5,6)/b3-2-. The second-order valence-electron chi connectivity index (χ2n) is 0.941. The van der Waals surface area contributed by atoms with Gasteiger partial charge in [-0.05, 0) is 0 Å². The van der Waals surface area contributed by atoms with Crippen molar-refractivity contribution in [3.63, 3.8) is 0 Å². The lowest BCUT2D eigenvalue weighted by atomic mass is 10.6. The number of ether oxygens (including phenoxy) is 1. The van der Waals surface area contributed by atoms with Crippen LogP contribution in [-0.2, 0) is 9.53 Å². The summed E-state index contributed by atoms with van der Waals surface area (Å²) in [5, 5.41) is 0. The third-order valence-electron chi connectivity index (χ3n) is 0.368. The van der Waals surface area contributed by atoms with Crippen LogP contribution >= 0.6 is 0 Å². The molecule has 0 saturated carbocycles. The van der Waals surface area contributed by atoms with Gasteiger partial charge < -0.3 is 10.5 Å². The van der Waals surface area contributed by atoms with Gasteiger partial charge in [0.15, 0.2) is 0 Å². The van der Waals surface area contributed by atoms with Gasteiger partial charge in [0.05, 0.1) is 13.4 Å². The monoisotopic (exact) mass is 101 g/mol. The van der Waals surface area contributed by atoms with Gasteiger partial charge >= 0.3 is 0 Å². The Morgan fingerprint density at radius 2 is 2.43 bits per heavy atom. The van der Waals surface area contributed by atoms with Gasteiger partial charge in [0.2, 0.25) is 5.91 Å². The maximum Gasteiger partial charge on any atom is 0.244 e. The van der Waals surface area contributed by atoms with Gasteiger partial charge in [-0.1, -0.05) is 0 Å². The molecule has 40 valence electrons. The number of rotatable bonds is 2. The number of hydrogen-bond donors (Lipinski definition) is 1. The largest absolute Gasteiger partial charge is 0.504 e. The van der Waals surface area contributed by atoms with Crippen LogP contribution in [0.25, 0.3) is 0 Å². The van der Waals surface area contributed by atoms with E-state index in [0.29, 0.717) is 0 Å². The highest BCUT2D eigenvalue weighted by Gasteiger charge is 1.76. The van der Waals surface area contributed by atoms with E-state index in [1.807, 2.05) is 0 Å². The summed E-state index contributed by atoms with van der Waals surface area (Å²) in [6.07, 6.45) is 2.36. The van der Waals surface area contributed by atoms with Crippen molar-refractivity contribution in [2.45, 2.75) is 0 Å². The van der Waals surface area contributed by atoms with Crippen LogP contribution in [0.3, 0.4) is 0 Å². The Kier molecular flexibility index (Phi) is 2.76. The molecule has 0 aromatic heterocycles. The van der Waals surface area contributed by atoms with E-state index in [-0.39, 0.29) is 0 Å². The van der Waals surface area contributed by atoms with E-state index in [1.165, 1.54) is 13.4 Å². The zero-order chi connectivity index (χ0) is 5.70. The van der Waals surface area contributed by atoms with E-state index in [9.17, 15) is 4.79 Å². The number of primary amides is 1. The summed E-state index contributed by atoms with van der Waals surface area (Å²) in [5.41, 5.74) is 4.67. The van der Waals surface area contributed by atoms with Crippen molar-refractivity contribution in [1.29, 1.82) is 0 Å². The number of carbonyl (C=O) groups excluding carboxylic acids is 1. The molecule has 0 atom stereocenters. The predicted molar refractivity (Wildman–Crippen MR) is 25.3 cm³/mol. The maximum absolute atomic E-state index is 9.81. The van der Waals surface area contributed by atoms with Crippen LogP contribution < -0.4 is 5.73 Å². The SMILES string of the molecule is CO/C=C\C(N)=O. The fraction of sp³-hybridized carbons (Fsp3) is 0.250. The van der Waals surface area contributed by atoms with Gasteiger partial charge in [-0.25, -0.2) is 0 Å². The molecule has 7 heavy (non-hydrogen) atoms. The molecule has 0 aromatic carbocycles. The van der Waals surface area contributed by atoms with Gasteiger partial charge in [0.25, 0.3) is 0 Å². The topological polar surface area (TPSA) is 52.3 Å². The molecular weight excluding hydrogens is 94.0 g/mol. The van der Waals surface area contributed by atoms with Crippen LogP contribution in [0, 0.1) is 0 Å². The molecular formula is C4H7NO2. The molecule has 0 spiro atoms. The first-order chi connectivity index (χ1) is 3.27. The molecule has 0 rings (SSSR count). The Morgan fingerprint density at radius 1 is 1.86 bits per heavy atom. The third-order valence-corrected chi connectivity index (χ3v) is 0.368. The van der Waals surface area contributed by atoms with Gasteiger partial charge in [0, 0.05) is 6.08 Å². The average molecular weight is 101 g/mol. The molecule has 0 bridgehead atoms. The highest BCUT2D eigenvalue weighted by molar-refractivity contribution is 5.85. The van der Waals surface area contributed by atoms with Crippen LogP contribution in [0.5, 0.6) is 0 Å². The smallest absolute Gasteiger partial charge is 0.244 e. The fourth-order valence-electron chi connectivity index (χ4n) is 0.135. The second kappa shape index (κ2) is 3.21. The zero-order valence-corrected chi connectivity index (χ0v) is 4.05. The Morgan fingerprint density at radius 3 is 2.57 bits per heavy atom. The van der Waals surface area contributed by atoms with Crippen molar-refractivity contribution in [1.82, 2.24) is 0 Å². The quantitative estimate of drug-likeness (QED) is 0.381. The summed E-state index contributed by atoms with van der Waals surface area (Å²) < 4.78 is 4.37. The minimum absolute atomic E-state index is 0.498. The van der Waals surface area contributed by atoms with Gasteiger partial charge in [0.1, 0.15) is 0 Å². The summed E-state index contributed by atoms with van der Waals surface area (Å²) in [4.78, 5) is 9.81. The predicted octanol–water partition coefficient (Wildman–Crippen LogP) is -0.368. The molecule has 0 saturated heterocycles. The minimum atomic E-state index is -0.498. The van der Waals surface area contributed by atoms with Crippen molar-refractivity contribution in [3.8, 4) is 0 Å². The molecule has 0 heterocycles. The normalized spacial score (nSPS) is 9.29. The molecule has 2 N–H and O–H groups in total. The third kappa shape index (κ3) is 5.01. The zero-order valence-electron chi connectivity index (χ0n) is 4.05. The molecule has 0 unspecified atom stereocenters. The van der Waals surface area contributed by atoms with Crippen LogP contribution in [0.15, 0.2) is 12.3 Å². The van der Waals surface area contributed by atoms with Gasteiger partial charge in [-0.3, -0.25) is 4.79 Å². The lowest BCUT2D eigenvalue weighted by Gasteiger charge is -1.80. The lowest BCUT2D eigenvalue weighted by molar-refractivity contribution is -0.113. The molecule has 0 aliphatic carbocycles. The summed E-state index contributed by atoms with van der Waals surface area (Å²) in [7, 11) is 1.44. The second-order valence-corrected chi connectivity index (χ2v) is 0.941. The number of nitrogens with two attached hydrogens (primary N) is 1. The number of hydrogen-bond acceptors (Lipinski definition) is 2. The average Bonchev–Trinajstić information content (AvgIpc) is 1.61.